The first-order valence-electron chi connectivity index (χ1n) is 9.55. The minimum Gasteiger partial charge on any atom is -0.282 e. The summed E-state index contributed by atoms with van der Waals surface area (Å²) in [6.07, 6.45) is -5.06. The quantitative estimate of drug-likeness (QED) is 0.401. The van der Waals surface area contributed by atoms with Crippen LogP contribution in [-0.4, -0.2) is 19.9 Å². The third-order valence-corrected chi connectivity index (χ3v) is 6.38. The van der Waals surface area contributed by atoms with E-state index in [2.05, 4.69) is 10.1 Å². The summed E-state index contributed by atoms with van der Waals surface area (Å²) in [5.41, 5.74) is -0.592. The molecule has 0 bridgehead atoms. The first-order chi connectivity index (χ1) is 15.3. The molecule has 3 aromatic rings. The number of rotatable bonds is 3. The molecule has 0 atom stereocenters. The van der Waals surface area contributed by atoms with E-state index in [4.69, 9.17) is 0 Å². The van der Waals surface area contributed by atoms with Crippen LogP contribution in [0.1, 0.15) is 36.1 Å². The first kappa shape index (κ1) is 23.1. The van der Waals surface area contributed by atoms with E-state index < -0.39 is 23.5 Å². The Bertz CT molecular complexity index is 1330. The number of thioether (sulfide) groups is 1. The summed E-state index contributed by atoms with van der Waals surface area (Å²) in [4.78, 5) is 16.8. The molecule has 172 valence electrons. The highest BCUT2D eigenvalue weighted by atomic mass is 32.2. The monoisotopic (exact) mass is 483 g/mol. The molecular formula is C22H15F6N3OS. The third-order valence-electron chi connectivity index (χ3n) is 5.24. The van der Waals surface area contributed by atoms with Crippen molar-refractivity contribution in [1.29, 1.82) is 0 Å². The van der Waals surface area contributed by atoms with Gasteiger partial charge in [0, 0.05) is 28.3 Å². The Morgan fingerprint density at radius 2 is 1.76 bits per heavy atom. The molecule has 1 aliphatic heterocycles. The second-order valence-electron chi connectivity index (χ2n) is 7.52. The van der Waals surface area contributed by atoms with Gasteiger partial charge in [0.05, 0.1) is 17.7 Å². The van der Waals surface area contributed by atoms with Crippen LogP contribution in [0, 0.1) is 0 Å². The van der Waals surface area contributed by atoms with Gasteiger partial charge in [0.1, 0.15) is 0 Å². The van der Waals surface area contributed by atoms with Crippen molar-refractivity contribution in [2.45, 2.75) is 32.7 Å². The maximum Gasteiger partial charge on any atom is 0.416 e. The number of benzene rings is 1. The molecule has 0 saturated carbocycles. The molecule has 0 saturated heterocycles. The summed E-state index contributed by atoms with van der Waals surface area (Å²) < 4.78 is 80.1. The Balaban J connectivity index is 1.66. The van der Waals surface area contributed by atoms with E-state index in [-0.39, 0.29) is 28.9 Å². The summed E-state index contributed by atoms with van der Waals surface area (Å²) in [6, 6.07) is 3.27. The SMILES string of the molecule is CC1=C(C)/C(=C/c2cnc3nn(Cc4ccc(C(F)(F)F)cc4C(F)(F)F)cc3c2)SC1=O. The molecule has 0 aliphatic carbocycles. The molecule has 3 heterocycles. The summed E-state index contributed by atoms with van der Waals surface area (Å²) in [5.74, 6) is 0. The van der Waals surface area contributed by atoms with Crippen LogP contribution in [0.2, 0.25) is 0 Å². The standard InChI is InChI=1S/C22H15F6N3OS/c1-11-12(2)20(32)33-18(11)6-13-5-15-10-31(30-19(15)29-8-13)9-14-3-4-16(21(23,24)25)7-17(14)22(26,27)28/h3-8,10H,9H2,1-2H3/b18-6-. The summed E-state index contributed by atoms with van der Waals surface area (Å²) >= 11 is 1.11. The highest BCUT2D eigenvalue weighted by Gasteiger charge is 2.38. The first-order valence-corrected chi connectivity index (χ1v) is 10.4. The Kier molecular flexibility index (Phi) is 5.63. The van der Waals surface area contributed by atoms with Gasteiger partial charge in [-0.25, -0.2) is 4.98 Å². The van der Waals surface area contributed by atoms with Crippen LogP contribution in [0.3, 0.4) is 0 Å². The zero-order valence-corrected chi connectivity index (χ0v) is 18.0. The Labute approximate surface area is 188 Å². The number of alkyl halides is 6. The van der Waals surface area contributed by atoms with Gasteiger partial charge < -0.3 is 0 Å². The number of hydrogen-bond donors (Lipinski definition) is 0. The van der Waals surface area contributed by atoms with Crippen LogP contribution in [0.25, 0.3) is 17.1 Å². The van der Waals surface area contributed by atoms with Gasteiger partial charge in [0.25, 0.3) is 0 Å². The van der Waals surface area contributed by atoms with E-state index >= 15 is 0 Å². The Morgan fingerprint density at radius 3 is 2.36 bits per heavy atom. The number of carbonyl (C=O) groups excluding carboxylic acids is 1. The molecule has 11 heteroatoms. The van der Waals surface area contributed by atoms with Gasteiger partial charge >= 0.3 is 12.4 Å². The van der Waals surface area contributed by atoms with Crippen LogP contribution < -0.4 is 0 Å². The van der Waals surface area contributed by atoms with Gasteiger partial charge in [0.15, 0.2) is 5.65 Å². The van der Waals surface area contributed by atoms with Crippen molar-refractivity contribution in [1.82, 2.24) is 14.8 Å². The lowest BCUT2D eigenvalue weighted by atomic mass is 10.0. The number of allylic oxidation sites excluding steroid dienone is 1. The smallest absolute Gasteiger partial charge is 0.282 e. The molecule has 4 nitrogen and oxygen atoms in total. The van der Waals surface area contributed by atoms with Crippen molar-refractivity contribution in [2.75, 3.05) is 0 Å². The lowest BCUT2D eigenvalue weighted by Gasteiger charge is -2.16. The highest BCUT2D eigenvalue weighted by Crippen LogP contribution is 2.39. The normalized spacial score (nSPS) is 16.5. The second kappa shape index (κ2) is 8.05. The average Bonchev–Trinajstić information content (AvgIpc) is 3.22. The minimum atomic E-state index is -4.96. The summed E-state index contributed by atoms with van der Waals surface area (Å²) in [6.45, 7) is 3.20. The van der Waals surface area contributed by atoms with E-state index in [1.165, 1.54) is 17.1 Å². The number of pyridine rings is 1. The maximum atomic E-state index is 13.4. The number of carbonyl (C=O) groups is 1. The van der Waals surface area contributed by atoms with Gasteiger partial charge in [-0.3, -0.25) is 9.48 Å². The molecule has 0 N–H and O–H groups in total. The fourth-order valence-electron chi connectivity index (χ4n) is 3.35. The van der Waals surface area contributed by atoms with Crippen molar-refractivity contribution in [3.8, 4) is 0 Å². The predicted octanol–water partition coefficient (Wildman–Crippen LogP) is 6.47. The third kappa shape index (κ3) is 4.68. The van der Waals surface area contributed by atoms with E-state index in [0.717, 1.165) is 28.3 Å². The van der Waals surface area contributed by atoms with E-state index in [1.54, 1.807) is 19.1 Å². The van der Waals surface area contributed by atoms with Crippen LogP contribution in [0.4, 0.5) is 26.3 Å². The predicted molar refractivity (Wildman–Crippen MR) is 112 cm³/mol. The Morgan fingerprint density at radius 1 is 1.03 bits per heavy atom. The molecule has 1 aromatic carbocycles. The lowest BCUT2D eigenvalue weighted by Crippen LogP contribution is -2.15. The molecule has 2 aromatic heterocycles. The van der Waals surface area contributed by atoms with Crippen molar-refractivity contribution in [3.05, 3.63) is 75.0 Å². The van der Waals surface area contributed by atoms with Crippen LogP contribution in [0.15, 0.2) is 52.7 Å². The van der Waals surface area contributed by atoms with Gasteiger partial charge in [-0.15, -0.1) is 0 Å². The summed E-state index contributed by atoms with van der Waals surface area (Å²) in [7, 11) is 0. The number of halogens is 6. The zero-order valence-electron chi connectivity index (χ0n) is 17.2. The largest absolute Gasteiger partial charge is 0.416 e. The molecule has 33 heavy (non-hydrogen) atoms. The van der Waals surface area contributed by atoms with E-state index in [1.807, 2.05) is 6.92 Å². The molecule has 0 unspecified atom stereocenters. The average molecular weight is 483 g/mol. The molecule has 4 rings (SSSR count). The Hall–Kier alpha value is -3.08. The topological polar surface area (TPSA) is 47.8 Å². The molecule has 0 spiro atoms. The van der Waals surface area contributed by atoms with Crippen LogP contribution >= 0.6 is 11.8 Å². The van der Waals surface area contributed by atoms with Gasteiger partial charge in [0.2, 0.25) is 5.12 Å². The van der Waals surface area contributed by atoms with E-state index in [9.17, 15) is 31.1 Å². The van der Waals surface area contributed by atoms with Gasteiger partial charge in [-0.05, 0) is 66.6 Å². The van der Waals surface area contributed by atoms with Crippen molar-refractivity contribution in [2.24, 2.45) is 0 Å². The second-order valence-corrected chi connectivity index (χ2v) is 8.54. The van der Waals surface area contributed by atoms with E-state index in [0.29, 0.717) is 22.6 Å². The lowest BCUT2D eigenvalue weighted by molar-refractivity contribution is -0.143. The van der Waals surface area contributed by atoms with Gasteiger partial charge in [-0.1, -0.05) is 6.07 Å². The number of aromatic nitrogens is 3. The fraction of sp³-hybridized carbons (Fsp3) is 0.227. The number of hydrogen-bond acceptors (Lipinski definition) is 4. The zero-order chi connectivity index (χ0) is 24.1. The fourth-order valence-corrected chi connectivity index (χ4v) is 4.36. The minimum absolute atomic E-state index is 0.0300. The molecule has 0 radical (unpaired) electrons. The maximum absolute atomic E-state index is 13.4. The van der Waals surface area contributed by atoms with Crippen molar-refractivity contribution >= 4 is 34.0 Å². The van der Waals surface area contributed by atoms with Crippen molar-refractivity contribution < 1.29 is 31.1 Å². The summed E-state index contributed by atoms with van der Waals surface area (Å²) in [5, 5.41) is 4.65. The molecule has 0 amide bonds. The molecule has 1 aliphatic rings. The van der Waals surface area contributed by atoms with Crippen LogP contribution in [0.5, 0.6) is 0 Å². The molecule has 0 fully saturated rings. The molecular weight excluding hydrogens is 468 g/mol. The van der Waals surface area contributed by atoms with Gasteiger partial charge in [-0.2, -0.15) is 31.4 Å². The van der Waals surface area contributed by atoms with Crippen LogP contribution in [-0.2, 0) is 23.7 Å². The highest BCUT2D eigenvalue weighted by molar-refractivity contribution is 8.18. The number of fused-ring (bicyclic) bond motifs is 1. The number of nitrogens with zero attached hydrogens (tertiary/aromatic N) is 3. The van der Waals surface area contributed by atoms with Crippen molar-refractivity contribution in [3.63, 3.8) is 0 Å².